The predicted molar refractivity (Wildman–Crippen MR) is 108 cm³/mol. The first kappa shape index (κ1) is 26.8. The molecule has 2 aromatic heterocycles. The van der Waals surface area contributed by atoms with Crippen LogP contribution in [0.1, 0.15) is 6.92 Å². The maximum atomic E-state index is 13.0. The number of rotatable bonds is 3. The molecule has 1 aliphatic rings. The number of hydrogen-bond acceptors (Lipinski definition) is 6. The van der Waals surface area contributed by atoms with Gasteiger partial charge in [-0.1, -0.05) is 5.92 Å². The second kappa shape index (κ2) is 10.2. The van der Waals surface area contributed by atoms with E-state index in [4.69, 9.17) is 9.90 Å². The summed E-state index contributed by atoms with van der Waals surface area (Å²) >= 11 is 0. The van der Waals surface area contributed by atoms with E-state index in [0.29, 0.717) is 41.3 Å². The Hall–Kier alpha value is -3.48. The van der Waals surface area contributed by atoms with Gasteiger partial charge in [0.25, 0.3) is 5.56 Å². The fraction of sp³-hybridized carbons (Fsp3) is 0.556. The third-order valence-corrected chi connectivity index (χ3v) is 4.60. The van der Waals surface area contributed by atoms with Gasteiger partial charge in [-0.15, -0.1) is 5.92 Å². The summed E-state index contributed by atoms with van der Waals surface area (Å²) in [4.78, 5) is 40.0. The van der Waals surface area contributed by atoms with Crippen LogP contribution in [0.15, 0.2) is 9.59 Å². The van der Waals surface area contributed by atoms with Crippen LogP contribution in [0.4, 0.5) is 32.3 Å². The highest BCUT2D eigenvalue weighted by Crippen LogP contribution is 2.23. The van der Waals surface area contributed by atoms with Crippen LogP contribution in [-0.4, -0.2) is 68.3 Å². The zero-order valence-electron chi connectivity index (χ0n) is 17.9. The van der Waals surface area contributed by atoms with Gasteiger partial charge in [-0.25, -0.2) is 9.59 Å². The lowest BCUT2D eigenvalue weighted by atomic mass is 10.4. The van der Waals surface area contributed by atoms with E-state index in [1.165, 1.54) is 4.57 Å². The third-order valence-electron chi connectivity index (χ3n) is 4.60. The number of aliphatic carboxylic acids is 1. The van der Waals surface area contributed by atoms with Crippen molar-refractivity contribution in [3.05, 3.63) is 20.8 Å². The predicted octanol–water partition coefficient (Wildman–Crippen LogP) is 0.525. The van der Waals surface area contributed by atoms with Crippen molar-refractivity contribution in [3.8, 4) is 11.8 Å². The Morgan fingerprint density at radius 1 is 1.12 bits per heavy atom. The Labute approximate surface area is 187 Å². The lowest BCUT2D eigenvalue weighted by molar-refractivity contribution is -0.192. The number of imidazole rings is 1. The monoisotopic (exact) mass is 498 g/mol. The molecule has 0 saturated carbocycles. The van der Waals surface area contributed by atoms with E-state index < -0.39 is 36.1 Å². The summed E-state index contributed by atoms with van der Waals surface area (Å²) in [6, 6.07) is 0. The highest BCUT2D eigenvalue weighted by molar-refractivity contribution is 5.75. The molecule has 1 aliphatic heterocycles. The number of alkyl halides is 6. The fourth-order valence-electron chi connectivity index (χ4n) is 3.08. The summed E-state index contributed by atoms with van der Waals surface area (Å²) < 4.78 is 73.5. The fourth-order valence-corrected chi connectivity index (χ4v) is 3.08. The average Bonchev–Trinajstić information content (AvgIpc) is 3.13. The molecule has 1 saturated heterocycles. The topological polar surface area (TPSA) is 114 Å². The van der Waals surface area contributed by atoms with Crippen molar-refractivity contribution >= 4 is 23.1 Å². The highest BCUT2D eigenvalue weighted by Gasteiger charge is 2.38. The zero-order valence-corrected chi connectivity index (χ0v) is 17.9. The quantitative estimate of drug-likeness (QED) is 0.469. The molecule has 0 atom stereocenters. The van der Waals surface area contributed by atoms with Crippen molar-refractivity contribution in [2.45, 2.75) is 32.4 Å². The van der Waals surface area contributed by atoms with Crippen molar-refractivity contribution in [2.75, 3.05) is 31.1 Å². The van der Waals surface area contributed by atoms with Gasteiger partial charge in [0.05, 0.1) is 6.54 Å². The minimum absolute atomic E-state index is 0.0577. The van der Waals surface area contributed by atoms with Crippen LogP contribution < -0.4 is 21.5 Å². The molecule has 188 valence electrons. The van der Waals surface area contributed by atoms with Crippen LogP contribution in [0.25, 0.3) is 11.2 Å². The van der Waals surface area contributed by atoms with Gasteiger partial charge < -0.3 is 15.3 Å². The molecule has 2 aromatic rings. The van der Waals surface area contributed by atoms with Crippen molar-refractivity contribution in [1.82, 2.24) is 24.0 Å². The minimum atomic E-state index is -5.08. The highest BCUT2D eigenvalue weighted by atomic mass is 19.4. The standard InChI is InChI=1S/C16H19F3N6O2.C2HF3O2/c1-3-4-7-24-11-12(21-14(24)23-8-5-20-6-9-23)25(10-16(17,18)19)15(27)22(2)13(11)26;3-2(4,5)1(6)7/h20H,5-10H2,1-2H3;(H,6,7). The van der Waals surface area contributed by atoms with Crippen molar-refractivity contribution < 1.29 is 36.2 Å². The molecule has 0 unspecified atom stereocenters. The molecular weight excluding hydrogens is 478 g/mol. The van der Waals surface area contributed by atoms with Gasteiger partial charge in [-0.3, -0.25) is 18.5 Å². The van der Waals surface area contributed by atoms with E-state index in [1.807, 2.05) is 4.90 Å². The summed E-state index contributed by atoms with van der Waals surface area (Å²) in [5.74, 6) is 3.12. The average molecular weight is 498 g/mol. The van der Waals surface area contributed by atoms with Gasteiger partial charge in [0.2, 0.25) is 5.95 Å². The van der Waals surface area contributed by atoms with E-state index in [-0.39, 0.29) is 17.7 Å². The Balaban J connectivity index is 0.000000509. The minimum Gasteiger partial charge on any atom is -0.475 e. The molecule has 0 aliphatic carbocycles. The molecule has 0 radical (unpaired) electrons. The van der Waals surface area contributed by atoms with Gasteiger partial charge >= 0.3 is 24.0 Å². The van der Waals surface area contributed by atoms with Gasteiger partial charge in [0.1, 0.15) is 6.54 Å². The summed E-state index contributed by atoms with van der Waals surface area (Å²) in [5.41, 5.74) is -2.08. The normalized spacial score (nSPS) is 14.3. The summed E-state index contributed by atoms with van der Waals surface area (Å²) in [7, 11) is 1.16. The molecular formula is C18H20F6N6O4. The molecule has 0 spiro atoms. The molecule has 0 bridgehead atoms. The molecule has 0 amide bonds. The second-order valence-corrected chi connectivity index (χ2v) is 6.98. The summed E-state index contributed by atoms with van der Waals surface area (Å²) in [6.45, 7) is 2.70. The summed E-state index contributed by atoms with van der Waals surface area (Å²) in [6.07, 6.45) is -9.71. The third kappa shape index (κ3) is 6.10. The number of carboxylic acids is 1. The number of piperazine rings is 1. The maximum absolute atomic E-state index is 13.0. The molecule has 2 N–H and O–H groups in total. The number of carboxylic acid groups (broad SMARTS) is 1. The SMILES string of the molecule is CC#CCn1c(N2CCNCC2)nc2c1c(=O)n(C)c(=O)n2CC(F)(F)F.O=C(O)C(F)(F)F. The van der Waals surface area contributed by atoms with E-state index in [0.717, 1.165) is 7.05 Å². The van der Waals surface area contributed by atoms with Gasteiger partial charge in [-0.2, -0.15) is 31.3 Å². The first-order chi connectivity index (χ1) is 15.7. The van der Waals surface area contributed by atoms with Crippen LogP contribution >= 0.6 is 0 Å². The van der Waals surface area contributed by atoms with Gasteiger partial charge in [-0.05, 0) is 6.92 Å². The Morgan fingerprint density at radius 3 is 2.15 bits per heavy atom. The number of hydrogen-bond donors (Lipinski definition) is 2. The van der Waals surface area contributed by atoms with Gasteiger partial charge in [0.15, 0.2) is 11.2 Å². The Morgan fingerprint density at radius 2 is 1.68 bits per heavy atom. The number of nitrogens with one attached hydrogen (secondary N) is 1. The summed E-state index contributed by atoms with van der Waals surface area (Å²) in [5, 5.41) is 10.3. The second-order valence-electron chi connectivity index (χ2n) is 6.98. The smallest absolute Gasteiger partial charge is 0.475 e. The molecule has 3 rings (SSSR count). The Kier molecular flexibility index (Phi) is 8.03. The molecule has 3 heterocycles. The van der Waals surface area contributed by atoms with Crippen molar-refractivity contribution in [1.29, 1.82) is 0 Å². The largest absolute Gasteiger partial charge is 0.490 e. The van der Waals surface area contributed by atoms with E-state index >= 15 is 0 Å². The number of carbonyl (C=O) groups is 1. The molecule has 34 heavy (non-hydrogen) atoms. The lowest BCUT2D eigenvalue weighted by Gasteiger charge is -2.28. The number of halogens is 6. The van der Waals surface area contributed by atoms with E-state index in [9.17, 15) is 35.9 Å². The van der Waals surface area contributed by atoms with Crippen LogP contribution in [0.2, 0.25) is 0 Å². The number of nitrogens with zero attached hydrogens (tertiary/aromatic N) is 5. The van der Waals surface area contributed by atoms with Crippen LogP contribution in [0.5, 0.6) is 0 Å². The first-order valence-electron chi connectivity index (χ1n) is 9.61. The number of aromatic nitrogens is 4. The number of fused-ring (bicyclic) bond motifs is 1. The molecule has 16 heteroatoms. The van der Waals surface area contributed by atoms with Crippen LogP contribution in [0.3, 0.4) is 0 Å². The lowest BCUT2D eigenvalue weighted by Crippen LogP contribution is -2.44. The maximum Gasteiger partial charge on any atom is 0.490 e. The van der Waals surface area contributed by atoms with E-state index in [2.05, 4.69) is 22.1 Å². The van der Waals surface area contributed by atoms with Crippen molar-refractivity contribution in [2.24, 2.45) is 7.05 Å². The molecule has 1 fully saturated rings. The van der Waals surface area contributed by atoms with E-state index in [1.54, 1.807) is 6.92 Å². The zero-order chi connectivity index (χ0) is 25.8. The first-order valence-corrected chi connectivity index (χ1v) is 9.61. The van der Waals surface area contributed by atoms with Crippen LogP contribution in [-0.2, 0) is 24.9 Å². The van der Waals surface area contributed by atoms with Gasteiger partial charge in [0, 0.05) is 33.2 Å². The van der Waals surface area contributed by atoms with Crippen LogP contribution in [0, 0.1) is 11.8 Å². The molecule has 0 aromatic carbocycles. The van der Waals surface area contributed by atoms with Crippen molar-refractivity contribution in [3.63, 3.8) is 0 Å². The molecule has 10 nitrogen and oxygen atoms in total. The number of anilines is 1. The Bertz CT molecular complexity index is 1220.